The van der Waals surface area contributed by atoms with Crippen LogP contribution in [0.5, 0.6) is 0 Å². The van der Waals surface area contributed by atoms with E-state index in [9.17, 15) is 0 Å². The van der Waals surface area contributed by atoms with Crippen LogP contribution in [0.3, 0.4) is 0 Å². The summed E-state index contributed by atoms with van der Waals surface area (Å²) in [5, 5.41) is 0. The molecule has 2 atom stereocenters. The quantitative estimate of drug-likeness (QED) is 0.631. The second-order valence-corrected chi connectivity index (χ2v) is 7.11. The fourth-order valence-electron chi connectivity index (χ4n) is 3.14. The van der Waals surface area contributed by atoms with Crippen LogP contribution >= 0.6 is 0 Å². The fraction of sp³-hybridized carbons (Fsp3) is 0.200. The maximum atomic E-state index is 2.37. The van der Waals surface area contributed by atoms with Crippen molar-refractivity contribution in [3.63, 3.8) is 0 Å². The monoisotopic (exact) mass is 314 g/mol. The van der Waals surface area contributed by atoms with Crippen LogP contribution in [0, 0.1) is 11.8 Å². The first-order valence-electron chi connectivity index (χ1n) is 7.55. The van der Waals surface area contributed by atoms with Crippen LogP contribution in [-0.4, -0.2) is 0 Å². The molecule has 21 heavy (non-hydrogen) atoms. The fourth-order valence-corrected chi connectivity index (χ4v) is 4.77. The SMILES string of the molecule is C1=CCC2C=C[C]([Fe][C]3=C4C=CC=CCC4C=C3)=C2C=C1. The molecule has 0 aromatic rings. The van der Waals surface area contributed by atoms with Crippen molar-refractivity contribution in [1.29, 1.82) is 0 Å². The van der Waals surface area contributed by atoms with Gasteiger partial charge in [-0.2, -0.15) is 0 Å². The number of hydrogen-bond acceptors (Lipinski definition) is 0. The third-order valence-corrected chi connectivity index (χ3v) is 5.89. The first-order valence-corrected chi connectivity index (χ1v) is 8.66. The summed E-state index contributed by atoms with van der Waals surface area (Å²) in [6.07, 6.45) is 29.6. The molecule has 0 amide bonds. The Morgan fingerprint density at radius 3 is 1.71 bits per heavy atom. The summed E-state index contributed by atoms with van der Waals surface area (Å²) in [7, 11) is 0. The number of rotatable bonds is 2. The van der Waals surface area contributed by atoms with Crippen LogP contribution in [0.25, 0.3) is 0 Å². The molecule has 0 aromatic carbocycles. The van der Waals surface area contributed by atoms with Crippen LogP contribution in [0.4, 0.5) is 0 Å². The van der Waals surface area contributed by atoms with Gasteiger partial charge in [0.05, 0.1) is 0 Å². The van der Waals surface area contributed by atoms with Crippen molar-refractivity contribution in [1.82, 2.24) is 0 Å². The molecule has 106 valence electrons. The summed E-state index contributed by atoms with van der Waals surface area (Å²) in [6.45, 7) is 0. The molecular weight excluding hydrogens is 296 g/mol. The minimum absolute atomic E-state index is 0.591. The van der Waals surface area contributed by atoms with Crippen molar-refractivity contribution in [2.45, 2.75) is 12.8 Å². The molecule has 1 heteroatoms. The molecule has 0 aliphatic heterocycles. The van der Waals surface area contributed by atoms with Crippen molar-refractivity contribution in [2.75, 3.05) is 0 Å². The summed E-state index contributed by atoms with van der Waals surface area (Å²) >= 11 is 1.07. The molecule has 0 fully saturated rings. The molecule has 0 saturated carbocycles. The van der Waals surface area contributed by atoms with Gasteiger partial charge in [-0.1, -0.05) is 0 Å². The van der Waals surface area contributed by atoms with E-state index in [1.54, 1.807) is 0 Å². The molecule has 0 heterocycles. The van der Waals surface area contributed by atoms with Gasteiger partial charge in [-0.25, -0.2) is 0 Å². The summed E-state index contributed by atoms with van der Waals surface area (Å²) in [5.41, 5.74) is 3.03. The van der Waals surface area contributed by atoms with Crippen LogP contribution in [0.1, 0.15) is 12.8 Å². The van der Waals surface area contributed by atoms with Gasteiger partial charge in [0.2, 0.25) is 0 Å². The second-order valence-electron chi connectivity index (χ2n) is 5.65. The van der Waals surface area contributed by atoms with Crippen molar-refractivity contribution >= 4 is 0 Å². The molecule has 0 nitrogen and oxygen atoms in total. The Hall–Kier alpha value is -1.56. The summed E-state index contributed by atoms with van der Waals surface area (Å²) in [6, 6.07) is 0. The Labute approximate surface area is 132 Å². The van der Waals surface area contributed by atoms with E-state index in [1.165, 1.54) is 20.1 Å². The van der Waals surface area contributed by atoms with E-state index in [0.29, 0.717) is 11.8 Å². The van der Waals surface area contributed by atoms with Crippen molar-refractivity contribution in [3.8, 4) is 0 Å². The van der Waals surface area contributed by atoms with E-state index in [2.05, 4.69) is 72.9 Å². The van der Waals surface area contributed by atoms with E-state index in [-0.39, 0.29) is 0 Å². The molecule has 0 radical (unpaired) electrons. The van der Waals surface area contributed by atoms with Gasteiger partial charge in [0, 0.05) is 0 Å². The molecule has 0 spiro atoms. The molecular formula is C20H18Fe. The Balaban J connectivity index is 1.65. The Morgan fingerprint density at radius 2 is 1.19 bits per heavy atom. The van der Waals surface area contributed by atoms with E-state index in [0.717, 1.165) is 27.8 Å². The van der Waals surface area contributed by atoms with E-state index >= 15 is 0 Å². The molecule has 0 bridgehead atoms. The standard InChI is InChI=1S/2C10H9.Fe/c2*1-2-5-9-7-4-8-10(9)6-3-1;/h2*1-5,8,10H,6H2;. The van der Waals surface area contributed by atoms with Crippen molar-refractivity contribution < 1.29 is 15.0 Å². The number of hydrogen-bond donors (Lipinski definition) is 0. The zero-order valence-corrected chi connectivity index (χ0v) is 13.0. The van der Waals surface area contributed by atoms with Gasteiger partial charge in [-0.15, -0.1) is 0 Å². The van der Waals surface area contributed by atoms with Crippen molar-refractivity contribution in [3.05, 3.63) is 93.0 Å². The summed E-state index contributed by atoms with van der Waals surface area (Å²) in [4.78, 5) is 0. The van der Waals surface area contributed by atoms with Gasteiger partial charge < -0.3 is 0 Å². The normalized spacial score (nSPS) is 29.3. The molecule has 4 rings (SSSR count). The van der Waals surface area contributed by atoms with Gasteiger partial charge in [0.25, 0.3) is 0 Å². The number of allylic oxidation sites excluding steroid dienone is 16. The average molecular weight is 314 g/mol. The zero-order valence-electron chi connectivity index (χ0n) is 11.9. The van der Waals surface area contributed by atoms with Gasteiger partial charge in [-0.05, 0) is 0 Å². The van der Waals surface area contributed by atoms with Gasteiger partial charge in [0.1, 0.15) is 0 Å². The van der Waals surface area contributed by atoms with Crippen LogP contribution < -0.4 is 0 Å². The molecule has 0 aromatic heterocycles. The third-order valence-electron chi connectivity index (χ3n) is 4.29. The topological polar surface area (TPSA) is 0 Å². The van der Waals surface area contributed by atoms with Gasteiger partial charge in [0.15, 0.2) is 0 Å². The Kier molecular flexibility index (Phi) is 3.55. The third kappa shape index (κ3) is 2.52. The minimum atomic E-state index is 0.591. The maximum absolute atomic E-state index is 2.37. The predicted molar refractivity (Wildman–Crippen MR) is 85.1 cm³/mol. The van der Waals surface area contributed by atoms with E-state index in [4.69, 9.17) is 0 Å². The Bertz CT molecular complexity index is 629. The first kappa shape index (κ1) is 13.1. The molecule has 4 aliphatic carbocycles. The average Bonchev–Trinajstić information content (AvgIpc) is 2.85. The predicted octanol–water partition coefficient (Wildman–Crippen LogP) is 4.98. The van der Waals surface area contributed by atoms with Crippen LogP contribution in [0.15, 0.2) is 93.0 Å². The Morgan fingerprint density at radius 1 is 0.667 bits per heavy atom. The second kappa shape index (κ2) is 5.67. The molecule has 0 saturated heterocycles. The number of fused-ring (bicyclic) bond motifs is 2. The summed E-state index contributed by atoms with van der Waals surface area (Å²) in [5.74, 6) is 1.18. The first-order chi connectivity index (χ1) is 10.4. The zero-order chi connectivity index (χ0) is 14.1. The van der Waals surface area contributed by atoms with E-state index in [1.807, 2.05) is 0 Å². The molecule has 4 aliphatic rings. The van der Waals surface area contributed by atoms with Crippen molar-refractivity contribution in [2.24, 2.45) is 11.8 Å². The van der Waals surface area contributed by atoms with Crippen LogP contribution in [0.2, 0.25) is 0 Å². The van der Waals surface area contributed by atoms with Crippen LogP contribution in [-0.2, 0) is 15.0 Å². The summed E-state index contributed by atoms with van der Waals surface area (Å²) < 4.78 is 3.00. The molecule has 2 unspecified atom stereocenters. The van der Waals surface area contributed by atoms with Gasteiger partial charge >= 0.3 is 133 Å². The van der Waals surface area contributed by atoms with E-state index < -0.39 is 0 Å². The van der Waals surface area contributed by atoms with Gasteiger partial charge in [-0.3, -0.25) is 0 Å². The molecule has 0 N–H and O–H groups in total.